The van der Waals surface area contributed by atoms with Gasteiger partial charge in [-0.2, -0.15) is 0 Å². The number of nitrogens with one attached hydrogen (secondary N) is 1. The van der Waals surface area contributed by atoms with Gasteiger partial charge in [-0.25, -0.2) is 0 Å². The van der Waals surface area contributed by atoms with Crippen LogP contribution in [-0.2, 0) is 4.79 Å². The second kappa shape index (κ2) is 5.42. The zero-order valence-electron chi connectivity index (χ0n) is 9.32. The predicted molar refractivity (Wildman–Crippen MR) is 64.6 cm³/mol. The summed E-state index contributed by atoms with van der Waals surface area (Å²) < 4.78 is 0. The van der Waals surface area contributed by atoms with Crippen molar-refractivity contribution in [3.8, 4) is 0 Å². The van der Waals surface area contributed by atoms with Gasteiger partial charge < -0.3 is 16.0 Å². The van der Waals surface area contributed by atoms with Gasteiger partial charge in [-0.15, -0.1) is 0 Å². The quantitative estimate of drug-likeness (QED) is 0.635. The van der Waals surface area contributed by atoms with Gasteiger partial charge in [0.25, 0.3) is 0 Å². The molecule has 0 heterocycles. The highest BCUT2D eigenvalue weighted by Crippen LogP contribution is 2.24. The van der Waals surface area contributed by atoms with Crippen LogP contribution >= 0.6 is 12.2 Å². The molecule has 0 radical (unpaired) electrons. The molecule has 1 rings (SSSR count). The van der Waals surface area contributed by atoms with Gasteiger partial charge in [-0.3, -0.25) is 4.79 Å². The van der Waals surface area contributed by atoms with E-state index in [4.69, 9.17) is 18.0 Å². The summed E-state index contributed by atoms with van der Waals surface area (Å²) in [6, 6.07) is 0.731. The van der Waals surface area contributed by atoms with E-state index in [2.05, 4.69) is 17.3 Å². The molecule has 0 aromatic carbocycles. The van der Waals surface area contributed by atoms with Crippen LogP contribution < -0.4 is 11.1 Å². The van der Waals surface area contributed by atoms with Crippen LogP contribution in [0.2, 0.25) is 0 Å². The van der Waals surface area contributed by atoms with Gasteiger partial charge in [0.1, 0.15) is 0 Å². The normalized spacial score (nSPS) is 17.5. The van der Waals surface area contributed by atoms with Crippen molar-refractivity contribution in [3.05, 3.63) is 0 Å². The molecule has 1 amide bonds. The molecular formula is C10H19N3OS. The first-order chi connectivity index (χ1) is 7.02. The van der Waals surface area contributed by atoms with Crippen LogP contribution in [-0.4, -0.2) is 42.0 Å². The van der Waals surface area contributed by atoms with Crippen molar-refractivity contribution in [3.63, 3.8) is 0 Å². The number of likely N-dealkylation sites (N-methyl/N-ethyl adjacent to an activating group) is 1. The standard InChI is InChI=1S/C10H19N3OS/c1-7(9(11)15)10(14)12-5-6-13(2)8-3-4-8/h7-8H,3-6H2,1-2H3,(H2,11,15)(H,12,14). The van der Waals surface area contributed by atoms with Gasteiger partial charge in [-0.05, 0) is 26.8 Å². The van der Waals surface area contributed by atoms with Gasteiger partial charge in [-0.1, -0.05) is 12.2 Å². The van der Waals surface area contributed by atoms with Crippen LogP contribution in [0.5, 0.6) is 0 Å². The van der Waals surface area contributed by atoms with Crippen LogP contribution in [0.25, 0.3) is 0 Å². The first-order valence-corrected chi connectivity index (χ1v) is 5.70. The van der Waals surface area contributed by atoms with E-state index in [1.165, 1.54) is 12.8 Å². The Balaban J connectivity index is 2.13. The first kappa shape index (κ1) is 12.4. The summed E-state index contributed by atoms with van der Waals surface area (Å²) in [5.74, 6) is -0.446. The summed E-state index contributed by atoms with van der Waals surface area (Å²) in [6.07, 6.45) is 2.57. The maximum Gasteiger partial charge on any atom is 0.229 e. The third kappa shape index (κ3) is 4.13. The summed E-state index contributed by atoms with van der Waals surface area (Å²) >= 11 is 4.75. The Morgan fingerprint density at radius 1 is 1.67 bits per heavy atom. The fourth-order valence-electron chi connectivity index (χ4n) is 1.34. The molecular weight excluding hydrogens is 210 g/mol. The Morgan fingerprint density at radius 2 is 2.27 bits per heavy atom. The lowest BCUT2D eigenvalue weighted by atomic mass is 10.1. The average molecular weight is 229 g/mol. The summed E-state index contributed by atoms with van der Waals surface area (Å²) in [5.41, 5.74) is 5.39. The lowest BCUT2D eigenvalue weighted by Gasteiger charge is -2.16. The number of rotatable bonds is 6. The molecule has 1 saturated carbocycles. The van der Waals surface area contributed by atoms with Crippen molar-refractivity contribution in [2.45, 2.75) is 25.8 Å². The van der Waals surface area contributed by atoms with Gasteiger partial charge in [0.05, 0.1) is 10.9 Å². The van der Waals surface area contributed by atoms with Crippen molar-refractivity contribution in [2.75, 3.05) is 20.1 Å². The summed E-state index contributed by atoms with van der Waals surface area (Å²) in [6.45, 7) is 3.28. The number of carbonyl (C=O) groups excluding carboxylic acids is 1. The van der Waals surface area contributed by atoms with E-state index in [1.54, 1.807) is 6.92 Å². The number of nitrogens with zero attached hydrogens (tertiary/aromatic N) is 1. The number of nitrogens with two attached hydrogens (primary N) is 1. The topological polar surface area (TPSA) is 58.4 Å². The van der Waals surface area contributed by atoms with Crippen molar-refractivity contribution in [1.29, 1.82) is 0 Å². The largest absolute Gasteiger partial charge is 0.393 e. The molecule has 1 aliphatic carbocycles. The van der Waals surface area contributed by atoms with Crippen LogP contribution in [0.15, 0.2) is 0 Å². The Labute approximate surface area is 96.2 Å². The highest BCUT2D eigenvalue weighted by Gasteiger charge is 2.25. The molecule has 15 heavy (non-hydrogen) atoms. The number of amides is 1. The van der Waals surface area contributed by atoms with Crippen LogP contribution in [0.3, 0.4) is 0 Å². The molecule has 1 fully saturated rings. The molecule has 0 aliphatic heterocycles. The zero-order chi connectivity index (χ0) is 11.4. The molecule has 0 aromatic rings. The Kier molecular flexibility index (Phi) is 4.47. The molecule has 0 aromatic heterocycles. The van der Waals surface area contributed by atoms with Crippen LogP contribution in [0.4, 0.5) is 0 Å². The van der Waals surface area contributed by atoms with Crippen LogP contribution in [0.1, 0.15) is 19.8 Å². The van der Waals surface area contributed by atoms with E-state index in [0.717, 1.165) is 12.6 Å². The molecule has 1 atom stereocenters. The van der Waals surface area contributed by atoms with E-state index in [9.17, 15) is 4.79 Å². The van der Waals surface area contributed by atoms with Crippen LogP contribution in [0, 0.1) is 5.92 Å². The van der Waals surface area contributed by atoms with Crippen molar-refractivity contribution >= 4 is 23.1 Å². The molecule has 86 valence electrons. The summed E-state index contributed by atoms with van der Waals surface area (Å²) in [4.78, 5) is 14.0. The maximum atomic E-state index is 11.5. The van der Waals surface area contributed by atoms with Gasteiger partial charge >= 0.3 is 0 Å². The lowest BCUT2D eigenvalue weighted by Crippen LogP contribution is -2.39. The molecule has 5 heteroatoms. The van der Waals surface area contributed by atoms with Gasteiger partial charge in [0, 0.05) is 19.1 Å². The second-order valence-corrected chi connectivity index (χ2v) is 4.60. The Morgan fingerprint density at radius 3 is 2.73 bits per heavy atom. The monoisotopic (exact) mass is 229 g/mol. The van der Waals surface area contributed by atoms with E-state index in [-0.39, 0.29) is 16.8 Å². The zero-order valence-corrected chi connectivity index (χ0v) is 10.1. The Hall–Kier alpha value is -0.680. The fourth-order valence-corrected chi connectivity index (χ4v) is 1.44. The van der Waals surface area contributed by atoms with E-state index in [0.29, 0.717) is 6.54 Å². The minimum absolute atomic E-state index is 0.0771. The van der Waals surface area contributed by atoms with Gasteiger partial charge in [0.2, 0.25) is 5.91 Å². The lowest BCUT2D eigenvalue weighted by molar-refractivity contribution is -0.122. The third-order valence-electron chi connectivity index (χ3n) is 2.75. The Bertz CT molecular complexity index is 253. The van der Waals surface area contributed by atoms with Crippen molar-refractivity contribution < 1.29 is 4.79 Å². The number of hydrogen-bond donors (Lipinski definition) is 2. The number of hydrogen-bond acceptors (Lipinski definition) is 3. The van der Waals surface area contributed by atoms with E-state index >= 15 is 0 Å². The molecule has 1 unspecified atom stereocenters. The molecule has 0 saturated heterocycles. The first-order valence-electron chi connectivity index (χ1n) is 5.29. The molecule has 4 nitrogen and oxygen atoms in total. The molecule has 1 aliphatic rings. The van der Waals surface area contributed by atoms with E-state index in [1.807, 2.05) is 0 Å². The minimum atomic E-state index is -0.369. The number of thiocarbonyl (C=S) groups is 1. The SMILES string of the molecule is CC(C(=O)NCCN(C)C1CC1)C(N)=S. The maximum absolute atomic E-state index is 11.5. The van der Waals surface area contributed by atoms with E-state index < -0.39 is 0 Å². The summed E-state index contributed by atoms with van der Waals surface area (Å²) in [7, 11) is 2.08. The van der Waals surface area contributed by atoms with Crippen molar-refractivity contribution in [2.24, 2.45) is 11.7 Å². The average Bonchev–Trinajstić information content (AvgIpc) is 2.99. The third-order valence-corrected chi connectivity index (χ3v) is 3.11. The highest BCUT2D eigenvalue weighted by molar-refractivity contribution is 7.80. The van der Waals surface area contributed by atoms with Gasteiger partial charge in [0.15, 0.2) is 0 Å². The number of carbonyl (C=O) groups is 1. The molecule has 3 N–H and O–H groups in total. The fraction of sp³-hybridized carbons (Fsp3) is 0.800. The van der Waals surface area contributed by atoms with Crippen molar-refractivity contribution in [1.82, 2.24) is 10.2 Å². The summed E-state index contributed by atoms with van der Waals surface area (Å²) in [5, 5.41) is 2.83. The smallest absolute Gasteiger partial charge is 0.229 e. The minimum Gasteiger partial charge on any atom is -0.393 e. The second-order valence-electron chi connectivity index (χ2n) is 4.13. The molecule has 0 spiro atoms. The highest BCUT2D eigenvalue weighted by atomic mass is 32.1. The molecule has 0 bridgehead atoms. The predicted octanol–water partition coefficient (Wildman–Crippen LogP) is 0.119.